The number of aryl methyl sites for hydroxylation is 1. The summed E-state index contributed by atoms with van der Waals surface area (Å²) < 4.78 is 1.81. The topological polar surface area (TPSA) is 67.2 Å². The average molecular weight is 217 g/mol. The third-order valence-electron chi connectivity index (χ3n) is 2.19. The van der Waals surface area contributed by atoms with Crippen molar-refractivity contribution in [3.8, 4) is 0 Å². The van der Waals surface area contributed by atoms with Gasteiger partial charge >= 0.3 is 5.97 Å². The summed E-state index contributed by atoms with van der Waals surface area (Å²) in [6, 6.07) is 6.60. The molecule has 1 heterocycles. The number of benzene rings is 1. The molecule has 5 nitrogen and oxygen atoms in total. The summed E-state index contributed by atoms with van der Waals surface area (Å²) in [5, 5.41) is 11.9. The fraction of sp³-hybridized carbons (Fsp3) is 0.0909. The summed E-state index contributed by atoms with van der Waals surface area (Å²) in [5.41, 5.74) is 0.952. The summed E-state index contributed by atoms with van der Waals surface area (Å²) in [6.07, 6.45) is 3.48. The number of rotatable bonds is 3. The van der Waals surface area contributed by atoms with Crippen LogP contribution in [0.25, 0.3) is 0 Å². The Hall–Kier alpha value is -2.30. The molecule has 0 amide bonds. The maximum atomic E-state index is 10.8. The standard InChI is InChI=1S/C11H11N3O2/c1-14-6-5-12-11(14)13-9-4-2-3-8(7-9)10(15)16/h2-7H,1H3,(H,12,13)(H,15,16). The Kier molecular flexibility index (Phi) is 2.59. The quantitative estimate of drug-likeness (QED) is 0.823. The molecule has 0 radical (unpaired) electrons. The molecule has 82 valence electrons. The maximum Gasteiger partial charge on any atom is 0.335 e. The predicted octanol–water partition coefficient (Wildman–Crippen LogP) is 1.86. The van der Waals surface area contributed by atoms with Crippen LogP contribution in [0.15, 0.2) is 36.7 Å². The summed E-state index contributed by atoms with van der Waals surface area (Å²) in [5.74, 6) is -0.272. The molecular weight excluding hydrogens is 206 g/mol. The largest absolute Gasteiger partial charge is 0.478 e. The van der Waals surface area contributed by atoms with Crippen molar-refractivity contribution in [1.82, 2.24) is 9.55 Å². The van der Waals surface area contributed by atoms with Gasteiger partial charge in [-0.1, -0.05) is 6.07 Å². The van der Waals surface area contributed by atoms with Crippen LogP contribution in [0.4, 0.5) is 11.6 Å². The van der Waals surface area contributed by atoms with Crippen LogP contribution in [0.2, 0.25) is 0 Å². The molecule has 0 saturated heterocycles. The molecule has 2 N–H and O–H groups in total. The van der Waals surface area contributed by atoms with Gasteiger partial charge in [0.15, 0.2) is 0 Å². The van der Waals surface area contributed by atoms with Crippen LogP contribution in [0.5, 0.6) is 0 Å². The number of nitrogens with one attached hydrogen (secondary N) is 1. The van der Waals surface area contributed by atoms with Crippen LogP contribution in [0.1, 0.15) is 10.4 Å². The highest BCUT2D eigenvalue weighted by Gasteiger charge is 2.04. The molecule has 1 aromatic heterocycles. The Labute approximate surface area is 92.4 Å². The molecule has 0 spiro atoms. The van der Waals surface area contributed by atoms with Gasteiger partial charge in [0.25, 0.3) is 0 Å². The van der Waals surface area contributed by atoms with Crippen LogP contribution in [0, 0.1) is 0 Å². The summed E-state index contributed by atoms with van der Waals surface area (Å²) >= 11 is 0. The Morgan fingerprint density at radius 3 is 2.94 bits per heavy atom. The minimum atomic E-state index is -0.941. The monoisotopic (exact) mass is 217 g/mol. The number of hydrogen-bond donors (Lipinski definition) is 2. The number of aromatic nitrogens is 2. The number of aromatic carboxylic acids is 1. The molecular formula is C11H11N3O2. The van der Waals surface area contributed by atoms with E-state index in [2.05, 4.69) is 10.3 Å². The summed E-state index contributed by atoms with van der Waals surface area (Å²) in [4.78, 5) is 14.9. The molecule has 0 unspecified atom stereocenters. The number of carbonyl (C=O) groups is 1. The van der Waals surface area contributed by atoms with Gasteiger partial charge in [-0.3, -0.25) is 0 Å². The molecule has 0 fully saturated rings. The van der Waals surface area contributed by atoms with E-state index >= 15 is 0 Å². The number of carboxylic acids is 1. The SMILES string of the molecule is Cn1ccnc1Nc1cccc(C(=O)O)c1. The Morgan fingerprint density at radius 2 is 2.31 bits per heavy atom. The smallest absolute Gasteiger partial charge is 0.335 e. The molecule has 1 aromatic carbocycles. The second-order valence-electron chi connectivity index (χ2n) is 3.37. The van der Waals surface area contributed by atoms with E-state index in [1.807, 2.05) is 17.8 Å². The van der Waals surface area contributed by atoms with Crippen molar-refractivity contribution in [3.63, 3.8) is 0 Å². The molecule has 0 aliphatic heterocycles. The molecule has 0 atom stereocenters. The third-order valence-corrected chi connectivity index (χ3v) is 2.19. The van der Waals surface area contributed by atoms with Crippen molar-refractivity contribution >= 4 is 17.6 Å². The number of anilines is 2. The van der Waals surface area contributed by atoms with E-state index in [1.165, 1.54) is 0 Å². The third kappa shape index (κ3) is 2.03. The lowest BCUT2D eigenvalue weighted by molar-refractivity contribution is 0.0697. The molecule has 0 saturated carbocycles. The molecule has 16 heavy (non-hydrogen) atoms. The van der Waals surface area contributed by atoms with E-state index in [1.54, 1.807) is 30.5 Å². The fourth-order valence-electron chi connectivity index (χ4n) is 1.35. The van der Waals surface area contributed by atoms with Crippen LogP contribution in [0.3, 0.4) is 0 Å². The zero-order chi connectivity index (χ0) is 11.5. The highest BCUT2D eigenvalue weighted by atomic mass is 16.4. The zero-order valence-electron chi connectivity index (χ0n) is 8.71. The summed E-state index contributed by atoms with van der Waals surface area (Å²) in [6.45, 7) is 0. The van der Waals surface area contributed by atoms with Crippen molar-refractivity contribution in [2.75, 3.05) is 5.32 Å². The van der Waals surface area contributed by atoms with Gasteiger partial charge in [-0.15, -0.1) is 0 Å². The first-order valence-electron chi connectivity index (χ1n) is 4.74. The van der Waals surface area contributed by atoms with E-state index in [0.29, 0.717) is 11.6 Å². The van der Waals surface area contributed by atoms with Gasteiger partial charge in [-0.05, 0) is 18.2 Å². The average Bonchev–Trinajstić information content (AvgIpc) is 2.65. The minimum Gasteiger partial charge on any atom is -0.478 e. The lowest BCUT2D eigenvalue weighted by Gasteiger charge is -2.06. The van der Waals surface area contributed by atoms with E-state index < -0.39 is 5.97 Å². The van der Waals surface area contributed by atoms with Crippen molar-refractivity contribution in [2.24, 2.45) is 7.05 Å². The molecule has 0 aliphatic rings. The normalized spacial score (nSPS) is 10.1. The second-order valence-corrected chi connectivity index (χ2v) is 3.37. The van der Waals surface area contributed by atoms with E-state index in [9.17, 15) is 4.79 Å². The molecule has 2 rings (SSSR count). The first-order chi connectivity index (χ1) is 7.66. The highest BCUT2D eigenvalue weighted by Crippen LogP contribution is 2.15. The Balaban J connectivity index is 2.25. The van der Waals surface area contributed by atoms with Gasteiger partial charge in [0.05, 0.1) is 5.56 Å². The number of nitrogens with zero attached hydrogens (tertiary/aromatic N) is 2. The van der Waals surface area contributed by atoms with Crippen LogP contribution in [-0.2, 0) is 7.05 Å². The first kappa shape index (κ1) is 10.2. The van der Waals surface area contributed by atoms with Gasteiger partial charge in [0.1, 0.15) is 0 Å². The van der Waals surface area contributed by atoms with Crippen molar-refractivity contribution in [2.45, 2.75) is 0 Å². The van der Waals surface area contributed by atoms with Crippen molar-refractivity contribution in [1.29, 1.82) is 0 Å². The lowest BCUT2D eigenvalue weighted by Crippen LogP contribution is -2.01. The molecule has 2 aromatic rings. The number of imidazole rings is 1. The predicted molar refractivity (Wildman–Crippen MR) is 59.9 cm³/mol. The first-order valence-corrected chi connectivity index (χ1v) is 4.74. The Morgan fingerprint density at radius 1 is 1.50 bits per heavy atom. The lowest BCUT2D eigenvalue weighted by atomic mass is 10.2. The molecule has 0 aliphatic carbocycles. The van der Waals surface area contributed by atoms with Crippen LogP contribution < -0.4 is 5.32 Å². The van der Waals surface area contributed by atoms with E-state index in [4.69, 9.17) is 5.11 Å². The van der Waals surface area contributed by atoms with Crippen molar-refractivity contribution in [3.05, 3.63) is 42.2 Å². The van der Waals surface area contributed by atoms with Gasteiger partial charge in [0.2, 0.25) is 5.95 Å². The van der Waals surface area contributed by atoms with Gasteiger partial charge < -0.3 is 15.0 Å². The maximum absolute atomic E-state index is 10.8. The molecule has 0 bridgehead atoms. The zero-order valence-corrected chi connectivity index (χ0v) is 8.71. The van der Waals surface area contributed by atoms with Gasteiger partial charge in [0, 0.05) is 25.1 Å². The van der Waals surface area contributed by atoms with Crippen molar-refractivity contribution < 1.29 is 9.90 Å². The van der Waals surface area contributed by atoms with E-state index in [0.717, 1.165) is 0 Å². The summed E-state index contributed by atoms with van der Waals surface area (Å²) in [7, 11) is 1.86. The fourth-order valence-corrected chi connectivity index (χ4v) is 1.35. The molecule has 5 heteroatoms. The highest BCUT2D eigenvalue weighted by molar-refractivity contribution is 5.88. The van der Waals surface area contributed by atoms with Gasteiger partial charge in [-0.25, -0.2) is 9.78 Å². The second kappa shape index (κ2) is 4.06. The number of hydrogen-bond acceptors (Lipinski definition) is 3. The van der Waals surface area contributed by atoms with Crippen LogP contribution in [-0.4, -0.2) is 20.6 Å². The van der Waals surface area contributed by atoms with E-state index in [-0.39, 0.29) is 5.56 Å². The Bertz CT molecular complexity index is 519. The minimum absolute atomic E-state index is 0.249. The number of carboxylic acid groups (broad SMARTS) is 1. The van der Waals surface area contributed by atoms with Gasteiger partial charge in [-0.2, -0.15) is 0 Å². The van der Waals surface area contributed by atoms with Crippen LogP contribution >= 0.6 is 0 Å².